The van der Waals surface area contributed by atoms with Crippen molar-refractivity contribution in [3.05, 3.63) is 23.8 Å². The van der Waals surface area contributed by atoms with E-state index in [4.69, 9.17) is 0 Å². The third-order valence-corrected chi connectivity index (χ3v) is 3.87. The first kappa shape index (κ1) is 13.7. The third kappa shape index (κ3) is 2.66. The molecule has 2 unspecified atom stereocenters. The number of hydrogen-bond donors (Lipinski definition) is 2. The highest BCUT2D eigenvalue weighted by Gasteiger charge is 2.29. The minimum atomic E-state index is -0.263. The molecule has 1 fully saturated rings. The fraction of sp³-hybridized carbons (Fsp3) is 0.500. The first-order valence-electron chi connectivity index (χ1n) is 6.43. The van der Waals surface area contributed by atoms with Gasteiger partial charge in [-0.15, -0.1) is 0 Å². The number of nitrogens with zero attached hydrogens (tertiary/aromatic N) is 2. The molecule has 1 aliphatic heterocycles. The summed E-state index contributed by atoms with van der Waals surface area (Å²) in [4.78, 5) is 16.4. The van der Waals surface area contributed by atoms with Crippen molar-refractivity contribution in [2.45, 2.75) is 25.9 Å². The number of phenolic OH excluding ortho intramolecular Hbond substituents is 2. The Bertz CT molecular complexity index is 478. The number of rotatable bonds is 1. The van der Waals surface area contributed by atoms with Crippen LogP contribution in [0.25, 0.3) is 0 Å². The van der Waals surface area contributed by atoms with E-state index in [2.05, 4.69) is 25.8 Å². The van der Waals surface area contributed by atoms with E-state index in [0.717, 1.165) is 0 Å². The number of carbonyl (C=O) groups excluding carboxylic acids is 1. The van der Waals surface area contributed by atoms with Gasteiger partial charge in [-0.05, 0) is 39.1 Å². The average Bonchev–Trinajstić information content (AvgIpc) is 2.37. The van der Waals surface area contributed by atoms with E-state index in [9.17, 15) is 15.0 Å². The molecule has 5 heteroatoms. The zero-order valence-corrected chi connectivity index (χ0v) is 11.5. The molecule has 0 bridgehead atoms. The van der Waals surface area contributed by atoms with Crippen molar-refractivity contribution < 1.29 is 15.0 Å². The van der Waals surface area contributed by atoms with Gasteiger partial charge in [0.15, 0.2) is 11.5 Å². The number of hydrogen-bond acceptors (Lipinski definition) is 4. The lowest BCUT2D eigenvalue weighted by Crippen LogP contribution is -2.56. The Morgan fingerprint density at radius 3 is 2.26 bits per heavy atom. The normalized spacial score (nSPS) is 24.5. The van der Waals surface area contributed by atoms with Gasteiger partial charge < -0.3 is 15.1 Å². The molecule has 19 heavy (non-hydrogen) atoms. The molecule has 0 aliphatic carbocycles. The second-order valence-corrected chi connectivity index (χ2v) is 5.28. The predicted octanol–water partition coefficient (Wildman–Crippen LogP) is 1.26. The van der Waals surface area contributed by atoms with Crippen molar-refractivity contribution in [1.29, 1.82) is 0 Å². The highest BCUT2D eigenvalue weighted by molar-refractivity contribution is 5.95. The molecule has 2 atom stereocenters. The maximum Gasteiger partial charge on any atom is 0.254 e. The fourth-order valence-electron chi connectivity index (χ4n) is 2.41. The monoisotopic (exact) mass is 264 g/mol. The average molecular weight is 264 g/mol. The van der Waals surface area contributed by atoms with E-state index in [1.54, 1.807) is 4.90 Å². The largest absolute Gasteiger partial charge is 0.504 e. The lowest BCUT2D eigenvalue weighted by Gasteiger charge is -2.42. The second kappa shape index (κ2) is 5.09. The van der Waals surface area contributed by atoms with Crippen LogP contribution in [-0.2, 0) is 0 Å². The summed E-state index contributed by atoms with van der Waals surface area (Å²) in [5.41, 5.74) is 0.402. The van der Waals surface area contributed by atoms with Crippen molar-refractivity contribution in [2.75, 3.05) is 20.1 Å². The van der Waals surface area contributed by atoms with Crippen LogP contribution in [0, 0.1) is 0 Å². The van der Waals surface area contributed by atoms with Crippen LogP contribution in [0.2, 0.25) is 0 Å². The number of phenols is 2. The summed E-state index contributed by atoms with van der Waals surface area (Å²) in [6.45, 7) is 5.51. The standard InChI is InChI=1S/C14H20N2O3/c1-9-7-16(8-10(2)15(9)3)14(19)11-4-5-12(17)13(18)6-11/h4-6,9-10,17-18H,7-8H2,1-3H3. The van der Waals surface area contributed by atoms with Crippen LogP contribution < -0.4 is 0 Å². The number of carbonyl (C=O) groups is 1. The second-order valence-electron chi connectivity index (χ2n) is 5.28. The molecule has 0 aromatic heterocycles. The van der Waals surface area contributed by atoms with Gasteiger partial charge in [0, 0.05) is 30.7 Å². The molecule has 0 saturated carbocycles. The zero-order chi connectivity index (χ0) is 14.2. The summed E-state index contributed by atoms with van der Waals surface area (Å²) < 4.78 is 0. The van der Waals surface area contributed by atoms with Gasteiger partial charge in [0.1, 0.15) is 0 Å². The van der Waals surface area contributed by atoms with Gasteiger partial charge in [-0.3, -0.25) is 9.69 Å². The van der Waals surface area contributed by atoms with Gasteiger partial charge in [0.05, 0.1) is 0 Å². The summed E-state index contributed by atoms with van der Waals surface area (Å²) >= 11 is 0. The molecule has 104 valence electrons. The summed E-state index contributed by atoms with van der Waals surface area (Å²) in [7, 11) is 2.06. The molecule has 1 saturated heterocycles. The summed E-state index contributed by atoms with van der Waals surface area (Å²) in [5, 5.41) is 18.7. The van der Waals surface area contributed by atoms with Gasteiger partial charge in [-0.2, -0.15) is 0 Å². The van der Waals surface area contributed by atoms with E-state index < -0.39 is 0 Å². The van der Waals surface area contributed by atoms with E-state index in [-0.39, 0.29) is 17.4 Å². The van der Waals surface area contributed by atoms with Gasteiger partial charge in [-0.25, -0.2) is 0 Å². The van der Waals surface area contributed by atoms with E-state index in [0.29, 0.717) is 30.7 Å². The van der Waals surface area contributed by atoms with Crippen LogP contribution in [0.15, 0.2) is 18.2 Å². The Labute approximate surface area is 113 Å². The Morgan fingerprint density at radius 1 is 1.16 bits per heavy atom. The number of aromatic hydroxyl groups is 2. The third-order valence-electron chi connectivity index (χ3n) is 3.87. The van der Waals surface area contributed by atoms with Crippen molar-refractivity contribution in [1.82, 2.24) is 9.80 Å². The van der Waals surface area contributed by atoms with E-state index in [1.165, 1.54) is 18.2 Å². The van der Waals surface area contributed by atoms with Crippen LogP contribution in [0.1, 0.15) is 24.2 Å². The summed E-state index contributed by atoms with van der Waals surface area (Å²) in [6.07, 6.45) is 0. The summed E-state index contributed by atoms with van der Waals surface area (Å²) in [5.74, 6) is -0.583. The van der Waals surface area contributed by atoms with Gasteiger partial charge in [0.2, 0.25) is 0 Å². The predicted molar refractivity (Wildman–Crippen MR) is 72.4 cm³/mol. The maximum atomic E-state index is 12.4. The van der Waals surface area contributed by atoms with Crippen LogP contribution in [0.5, 0.6) is 11.5 Å². The minimum absolute atomic E-state index is 0.109. The topological polar surface area (TPSA) is 64.0 Å². The zero-order valence-electron chi connectivity index (χ0n) is 11.5. The molecule has 0 spiro atoms. The molecule has 1 aliphatic rings. The minimum Gasteiger partial charge on any atom is -0.504 e. The van der Waals surface area contributed by atoms with E-state index in [1.807, 2.05) is 0 Å². The van der Waals surface area contributed by atoms with Crippen molar-refractivity contribution in [3.8, 4) is 11.5 Å². The Kier molecular flexibility index (Phi) is 3.66. The Morgan fingerprint density at radius 2 is 1.74 bits per heavy atom. The molecule has 5 nitrogen and oxygen atoms in total. The van der Waals surface area contributed by atoms with E-state index >= 15 is 0 Å². The lowest BCUT2D eigenvalue weighted by atomic mass is 10.1. The first-order chi connectivity index (χ1) is 8.90. The molecule has 1 aromatic carbocycles. The number of amides is 1. The van der Waals surface area contributed by atoms with Crippen LogP contribution >= 0.6 is 0 Å². The maximum absolute atomic E-state index is 12.4. The van der Waals surface area contributed by atoms with Gasteiger partial charge in [0.25, 0.3) is 5.91 Å². The number of likely N-dealkylation sites (N-methyl/N-ethyl adjacent to an activating group) is 1. The van der Waals surface area contributed by atoms with Crippen molar-refractivity contribution >= 4 is 5.91 Å². The molecule has 1 heterocycles. The Hall–Kier alpha value is -1.75. The fourth-order valence-corrected chi connectivity index (χ4v) is 2.41. The van der Waals surface area contributed by atoms with Crippen LogP contribution in [-0.4, -0.2) is 58.1 Å². The van der Waals surface area contributed by atoms with Gasteiger partial charge >= 0.3 is 0 Å². The molecule has 1 aromatic rings. The van der Waals surface area contributed by atoms with Crippen LogP contribution in [0.4, 0.5) is 0 Å². The molecule has 2 N–H and O–H groups in total. The van der Waals surface area contributed by atoms with Gasteiger partial charge in [-0.1, -0.05) is 0 Å². The quantitative estimate of drug-likeness (QED) is 0.750. The smallest absolute Gasteiger partial charge is 0.254 e. The summed E-state index contributed by atoms with van der Waals surface area (Å²) in [6, 6.07) is 4.79. The molecule has 1 amide bonds. The molecular weight excluding hydrogens is 244 g/mol. The number of benzene rings is 1. The molecule has 0 radical (unpaired) electrons. The highest BCUT2D eigenvalue weighted by atomic mass is 16.3. The first-order valence-corrected chi connectivity index (χ1v) is 6.43. The van der Waals surface area contributed by atoms with Crippen LogP contribution in [0.3, 0.4) is 0 Å². The lowest BCUT2D eigenvalue weighted by molar-refractivity contribution is 0.0414. The SMILES string of the molecule is CC1CN(C(=O)c2ccc(O)c(O)c2)CC(C)N1C. The number of piperazine rings is 1. The van der Waals surface area contributed by atoms with Crippen molar-refractivity contribution in [2.24, 2.45) is 0 Å². The Balaban J connectivity index is 2.17. The molecule has 2 rings (SSSR count). The highest BCUT2D eigenvalue weighted by Crippen LogP contribution is 2.26. The molecular formula is C14H20N2O3. The van der Waals surface area contributed by atoms with Crippen molar-refractivity contribution in [3.63, 3.8) is 0 Å².